The molecule has 0 aliphatic carbocycles. The molecule has 0 aliphatic rings. The van der Waals surface area contributed by atoms with Crippen molar-refractivity contribution in [3.63, 3.8) is 0 Å². The number of carbonyl (C=O) groups excluding carboxylic acids is 3. The van der Waals surface area contributed by atoms with Gasteiger partial charge in [-0.2, -0.15) is 0 Å². The fraction of sp³-hybridized carbons (Fsp3) is 0.859. The second-order valence-corrected chi connectivity index (χ2v) is 21.0. The Kier molecular flexibility index (Phi) is 57.2. The number of unbranched alkanes of at least 4 members (excludes halogenated alkanes) is 40. The lowest BCUT2D eigenvalue weighted by atomic mass is 10.0. The molecule has 1 atom stereocenters. The van der Waals surface area contributed by atoms with Gasteiger partial charge in [-0.25, -0.2) is 0 Å². The lowest BCUT2D eigenvalue weighted by molar-refractivity contribution is -0.167. The number of ether oxygens (including phenoxy) is 3. The van der Waals surface area contributed by atoms with Crippen molar-refractivity contribution in [1.29, 1.82) is 0 Å². The summed E-state index contributed by atoms with van der Waals surface area (Å²) < 4.78 is 16.9. The second kappa shape index (κ2) is 59.2. The molecule has 0 radical (unpaired) electrons. The predicted octanol–water partition coefficient (Wildman–Crippen LogP) is 20.8. The van der Waals surface area contributed by atoms with Crippen molar-refractivity contribution in [1.82, 2.24) is 0 Å². The molecule has 0 saturated carbocycles. The lowest BCUT2D eigenvalue weighted by Crippen LogP contribution is -2.30. The summed E-state index contributed by atoms with van der Waals surface area (Å²) in [5.74, 6) is -0.861. The van der Waals surface area contributed by atoms with Gasteiger partial charge in [-0.3, -0.25) is 14.4 Å². The first kappa shape index (κ1) is 67.6. The summed E-state index contributed by atoms with van der Waals surface area (Å²) in [5.41, 5.74) is 0. The monoisotopic (exact) mass is 983 g/mol. The smallest absolute Gasteiger partial charge is 0.306 e. The molecule has 0 N–H and O–H groups in total. The fourth-order valence-corrected chi connectivity index (χ4v) is 9.16. The van der Waals surface area contributed by atoms with Crippen molar-refractivity contribution in [2.45, 2.75) is 341 Å². The maximum Gasteiger partial charge on any atom is 0.306 e. The van der Waals surface area contributed by atoms with Crippen molar-refractivity contribution < 1.29 is 28.6 Å². The molecule has 0 saturated heterocycles. The molecule has 410 valence electrons. The highest BCUT2D eigenvalue weighted by atomic mass is 16.6. The first-order valence-corrected chi connectivity index (χ1v) is 31.0. The molecule has 0 spiro atoms. The van der Waals surface area contributed by atoms with Crippen LogP contribution >= 0.6 is 0 Å². The first-order valence-electron chi connectivity index (χ1n) is 31.0. The van der Waals surface area contributed by atoms with Crippen LogP contribution in [0.2, 0.25) is 0 Å². The van der Waals surface area contributed by atoms with E-state index < -0.39 is 6.10 Å². The third-order valence-corrected chi connectivity index (χ3v) is 13.9. The summed E-state index contributed by atoms with van der Waals surface area (Å²) in [7, 11) is 0. The molecule has 0 aromatic carbocycles. The van der Waals surface area contributed by atoms with Crippen LogP contribution < -0.4 is 0 Å². The maximum absolute atomic E-state index is 12.9. The van der Waals surface area contributed by atoms with E-state index in [1.165, 1.54) is 225 Å². The molecule has 0 heterocycles. The minimum atomic E-state index is -0.772. The number of allylic oxidation sites excluding steroid dienone is 6. The van der Waals surface area contributed by atoms with Gasteiger partial charge in [0.25, 0.3) is 0 Å². The second-order valence-electron chi connectivity index (χ2n) is 21.0. The van der Waals surface area contributed by atoms with Crippen LogP contribution in [0, 0.1) is 0 Å². The van der Waals surface area contributed by atoms with Crippen LogP contribution in [-0.2, 0) is 28.6 Å². The van der Waals surface area contributed by atoms with Crippen LogP contribution in [0.5, 0.6) is 0 Å². The van der Waals surface area contributed by atoms with Crippen LogP contribution in [0.4, 0.5) is 0 Å². The summed E-state index contributed by atoms with van der Waals surface area (Å²) in [5, 5.41) is 0. The van der Waals surface area contributed by atoms with Crippen molar-refractivity contribution in [3.8, 4) is 0 Å². The van der Waals surface area contributed by atoms with E-state index in [4.69, 9.17) is 14.2 Å². The fourth-order valence-electron chi connectivity index (χ4n) is 9.16. The number of rotatable bonds is 57. The van der Waals surface area contributed by atoms with E-state index in [0.29, 0.717) is 19.3 Å². The number of esters is 3. The third kappa shape index (κ3) is 56.5. The van der Waals surface area contributed by atoms with Gasteiger partial charge in [0.05, 0.1) is 0 Å². The van der Waals surface area contributed by atoms with Crippen LogP contribution in [0.25, 0.3) is 0 Å². The van der Waals surface area contributed by atoms with Crippen LogP contribution in [-0.4, -0.2) is 37.2 Å². The molecule has 0 amide bonds. The molecule has 70 heavy (non-hydrogen) atoms. The zero-order chi connectivity index (χ0) is 50.7. The zero-order valence-corrected chi connectivity index (χ0v) is 47.1. The van der Waals surface area contributed by atoms with Crippen LogP contribution in [0.15, 0.2) is 36.5 Å². The van der Waals surface area contributed by atoms with Gasteiger partial charge in [0.15, 0.2) is 6.10 Å². The van der Waals surface area contributed by atoms with Gasteiger partial charge in [0.1, 0.15) is 13.2 Å². The van der Waals surface area contributed by atoms with Crippen molar-refractivity contribution >= 4 is 17.9 Å². The van der Waals surface area contributed by atoms with E-state index >= 15 is 0 Å². The summed E-state index contributed by atoms with van der Waals surface area (Å²) >= 11 is 0. The zero-order valence-electron chi connectivity index (χ0n) is 47.1. The number of hydrogen-bond donors (Lipinski definition) is 0. The van der Waals surface area contributed by atoms with E-state index in [9.17, 15) is 14.4 Å². The predicted molar refractivity (Wildman–Crippen MR) is 302 cm³/mol. The number of carbonyl (C=O) groups is 3. The Labute approximate surface area is 435 Å². The third-order valence-electron chi connectivity index (χ3n) is 13.9. The van der Waals surface area contributed by atoms with Crippen molar-refractivity contribution in [3.05, 3.63) is 36.5 Å². The topological polar surface area (TPSA) is 78.9 Å². The largest absolute Gasteiger partial charge is 0.462 e. The van der Waals surface area contributed by atoms with E-state index in [-0.39, 0.29) is 31.1 Å². The molecule has 0 aliphatic heterocycles. The Morgan fingerprint density at radius 3 is 0.843 bits per heavy atom. The first-order chi connectivity index (χ1) is 34.5. The van der Waals surface area contributed by atoms with Gasteiger partial charge in [-0.1, -0.05) is 282 Å². The average molecular weight is 984 g/mol. The molecular weight excluding hydrogens is 865 g/mol. The van der Waals surface area contributed by atoms with E-state index in [1.807, 2.05) is 0 Å². The van der Waals surface area contributed by atoms with E-state index in [2.05, 4.69) is 57.2 Å². The normalized spacial score (nSPS) is 12.2. The Hall–Kier alpha value is -2.37. The summed E-state index contributed by atoms with van der Waals surface area (Å²) in [6.45, 7) is 6.63. The number of hydrogen-bond acceptors (Lipinski definition) is 6. The lowest BCUT2D eigenvalue weighted by Gasteiger charge is -2.18. The molecule has 0 aromatic heterocycles. The maximum atomic E-state index is 12.9. The summed E-state index contributed by atoms with van der Waals surface area (Å²) in [6, 6.07) is 0. The van der Waals surface area contributed by atoms with Gasteiger partial charge in [-0.05, 0) is 70.6 Å². The van der Waals surface area contributed by atoms with Gasteiger partial charge >= 0.3 is 17.9 Å². The standard InChI is InChI=1S/C64H118O6/c1-4-7-10-13-16-19-22-24-26-28-29-30-31-32-33-34-35-36-38-39-42-45-48-51-54-57-63(66)69-60-61(59-68-62(65)56-53-50-47-44-41-21-18-15-12-9-6-3)70-64(67)58-55-52-49-46-43-40-37-27-25-23-20-17-14-11-8-5-2/h15,18,22,24,28-29,61H,4-14,16-17,19-21,23,25-27,30-60H2,1-3H3/b18-15-,24-22-,29-28-. The Bertz CT molecular complexity index is 1170. The van der Waals surface area contributed by atoms with Crippen LogP contribution in [0.3, 0.4) is 0 Å². The highest BCUT2D eigenvalue weighted by Gasteiger charge is 2.19. The average Bonchev–Trinajstić information content (AvgIpc) is 3.36. The Balaban J connectivity index is 4.21. The van der Waals surface area contributed by atoms with Gasteiger partial charge < -0.3 is 14.2 Å². The van der Waals surface area contributed by atoms with Gasteiger partial charge in [-0.15, -0.1) is 0 Å². The molecule has 0 fully saturated rings. The van der Waals surface area contributed by atoms with E-state index in [0.717, 1.165) is 70.6 Å². The Morgan fingerprint density at radius 1 is 0.286 bits per heavy atom. The highest BCUT2D eigenvalue weighted by molar-refractivity contribution is 5.71. The molecular formula is C64H118O6. The van der Waals surface area contributed by atoms with Gasteiger partial charge in [0.2, 0.25) is 0 Å². The molecule has 0 bridgehead atoms. The van der Waals surface area contributed by atoms with Crippen LogP contribution in [0.1, 0.15) is 335 Å². The molecule has 6 heteroatoms. The Morgan fingerprint density at radius 2 is 0.529 bits per heavy atom. The highest BCUT2D eigenvalue weighted by Crippen LogP contribution is 2.17. The van der Waals surface area contributed by atoms with Crippen molar-refractivity contribution in [2.75, 3.05) is 13.2 Å². The SMILES string of the molecule is CCCC/C=C\CCCCCCCC(=O)OCC(COC(=O)CCCCCCCCCCCCCCC/C=C\C/C=C\CCCCCCC)OC(=O)CCCCCCCCCCCCCCCCCC. The molecule has 6 nitrogen and oxygen atoms in total. The molecule has 0 aromatic rings. The minimum Gasteiger partial charge on any atom is -0.462 e. The summed E-state index contributed by atoms with van der Waals surface area (Å²) in [6.07, 6.45) is 71.5. The molecule has 0 rings (SSSR count). The van der Waals surface area contributed by atoms with Gasteiger partial charge in [0, 0.05) is 19.3 Å². The van der Waals surface area contributed by atoms with E-state index in [1.54, 1.807) is 0 Å². The minimum absolute atomic E-state index is 0.0709. The molecule has 1 unspecified atom stereocenters. The van der Waals surface area contributed by atoms with Crippen molar-refractivity contribution in [2.24, 2.45) is 0 Å². The quantitative estimate of drug-likeness (QED) is 0.0261. The summed E-state index contributed by atoms with van der Waals surface area (Å²) in [4.78, 5) is 38.2.